The molecular weight excluding hydrogens is 330 g/mol. The Labute approximate surface area is 142 Å². The summed E-state index contributed by atoms with van der Waals surface area (Å²) in [6.45, 7) is 8.73. The van der Waals surface area contributed by atoms with Crippen molar-refractivity contribution in [1.82, 2.24) is 24.0 Å². The molecule has 24 heavy (non-hydrogen) atoms. The maximum absolute atomic E-state index is 12.6. The SMILES string of the molecule is C=CCN(CC=C)C(=O)n1cnc(S(=O)(=O)N2CCCCCC2)n1. The van der Waals surface area contributed by atoms with Crippen LogP contribution in [0.2, 0.25) is 0 Å². The summed E-state index contributed by atoms with van der Waals surface area (Å²) in [4.78, 5) is 17.6. The third kappa shape index (κ3) is 4.09. The molecule has 1 amide bonds. The van der Waals surface area contributed by atoms with Crippen molar-refractivity contribution in [3.8, 4) is 0 Å². The lowest BCUT2D eigenvalue weighted by Crippen LogP contribution is -2.36. The molecule has 2 rings (SSSR count). The van der Waals surface area contributed by atoms with E-state index >= 15 is 0 Å². The first kappa shape index (κ1) is 18.3. The molecule has 8 nitrogen and oxygen atoms in total. The summed E-state index contributed by atoms with van der Waals surface area (Å²) in [7, 11) is -3.77. The van der Waals surface area contributed by atoms with E-state index in [-0.39, 0.29) is 5.16 Å². The van der Waals surface area contributed by atoms with Crippen LogP contribution in [0.4, 0.5) is 4.79 Å². The zero-order chi connectivity index (χ0) is 17.6. The Morgan fingerprint density at radius 3 is 2.29 bits per heavy atom. The Bertz CT molecular complexity index is 680. The lowest BCUT2D eigenvalue weighted by Gasteiger charge is -2.18. The van der Waals surface area contributed by atoms with Gasteiger partial charge in [-0.1, -0.05) is 25.0 Å². The number of hydrogen-bond donors (Lipinski definition) is 0. The molecule has 1 aromatic rings. The molecule has 0 bridgehead atoms. The Hall–Kier alpha value is -2.00. The van der Waals surface area contributed by atoms with Crippen LogP contribution in [-0.2, 0) is 10.0 Å². The molecule has 0 N–H and O–H groups in total. The van der Waals surface area contributed by atoms with Crippen molar-refractivity contribution in [3.05, 3.63) is 31.6 Å². The number of amides is 1. The van der Waals surface area contributed by atoms with Gasteiger partial charge in [-0.15, -0.1) is 18.3 Å². The summed E-state index contributed by atoms with van der Waals surface area (Å²) >= 11 is 0. The van der Waals surface area contributed by atoms with Gasteiger partial charge in [0, 0.05) is 26.2 Å². The van der Waals surface area contributed by atoms with Crippen molar-refractivity contribution in [2.24, 2.45) is 0 Å². The Kier molecular flexibility index (Phi) is 6.27. The molecule has 0 atom stereocenters. The average molecular weight is 353 g/mol. The van der Waals surface area contributed by atoms with Crippen molar-refractivity contribution < 1.29 is 13.2 Å². The Balaban J connectivity index is 2.20. The van der Waals surface area contributed by atoms with Crippen molar-refractivity contribution in [1.29, 1.82) is 0 Å². The van der Waals surface area contributed by atoms with Gasteiger partial charge in [0.15, 0.2) is 0 Å². The van der Waals surface area contributed by atoms with Gasteiger partial charge in [0.2, 0.25) is 0 Å². The largest absolute Gasteiger partial charge is 0.346 e. The second-order valence-electron chi connectivity index (χ2n) is 5.55. The molecule has 9 heteroatoms. The highest BCUT2D eigenvalue weighted by Gasteiger charge is 2.30. The van der Waals surface area contributed by atoms with Gasteiger partial charge in [0.1, 0.15) is 6.33 Å². The number of carbonyl (C=O) groups is 1. The lowest BCUT2D eigenvalue weighted by molar-refractivity contribution is 0.206. The van der Waals surface area contributed by atoms with E-state index in [0.29, 0.717) is 26.2 Å². The van der Waals surface area contributed by atoms with E-state index in [0.717, 1.165) is 36.7 Å². The molecule has 0 aromatic carbocycles. The molecule has 0 radical (unpaired) electrons. The standard InChI is InChI=1S/C15H23N5O3S/c1-3-9-18(10-4-2)15(21)20-13-16-14(17-20)24(22,23)19-11-7-5-6-8-12-19/h3-4,13H,1-2,5-12H2. The molecule has 2 heterocycles. The van der Waals surface area contributed by atoms with Crippen LogP contribution in [-0.4, -0.2) is 64.6 Å². The molecule has 132 valence electrons. The van der Waals surface area contributed by atoms with Crippen molar-refractivity contribution in [3.63, 3.8) is 0 Å². The van der Waals surface area contributed by atoms with Crippen LogP contribution in [0.25, 0.3) is 0 Å². The van der Waals surface area contributed by atoms with Crippen LogP contribution in [0.15, 0.2) is 36.8 Å². The second-order valence-corrected chi connectivity index (χ2v) is 7.39. The van der Waals surface area contributed by atoms with E-state index in [9.17, 15) is 13.2 Å². The predicted molar refractivity (Wildman–Crippen MR) is 90.0 cm³/mol. The fourth-order valence-corrected chi connectivity index (χ4v) is 3.88. The van der Waals surface area contributed by atoms with E-state index < -0.39 is 16.1 Å². The summed E-state index contributed by atoms with van der Waals surface area (Å²) in [5, 5.41) is 3.55. The normalized spacial score (nSPS) is 16.3. The highest BCUT2D eigenvalue weighted by molar-refractivity contribution is 7.88. The molecule has 0 unspecified atom stereocenters. The van der Waals surface area contributed by atoms with Crippen LogP contribution >= 0.6 is 0 Å². The van der Waals surface area contributed by atoms with Crippen LogP contribution < -0.4 is 0 Å². The fraction of sp³-hybridized carbons (Fsp3) is 0.533. The summed E-state index contributed by atoms with van der Waals surface area (Å²) in [6, 6.07) is -0.473. The van der Waals surface area contributed by atoms with E-state index in [2.05, 4.69) is 23.2 Å². The third-order valence-corrected chi connectivity index (χ3v) is 5.47. The minimum absolute atomic E-state index is 0.304. The monoisotopic (exact) mass is 353 g/mol. The number of sulfonamides is 1. The molecular formula is C15H23N5O3S. The third-order valence-electron chi connectivity index (χ3n) is 3.77. The summed E-state index contributed by atoms with van der Waals surface area (Å²) in [6.07, 6.45) is 7.97. The average Bonchev–Trinajstić information content (AvgIpc) is 2.90. The summed E-state index contributed by atoms with van der Waals surface area (Å²) in [5.41, 5.74) is 0. The maximum atomic E-state index is 12.6. The number of nitrogens with zero attached hydrogens (tertiary/aromatic N) is 5. The molecule has 1 aliphatic heterocycles. The highest BCUT2D eigenvalue weighted by Crippen LogP contribution is 2.17. The van der Waals surface area contributed by atoms with Gasteiger partial charge in [-0.25, -0.2) is 18.2 Å². The van der Waals surface area contributed by atoms with Gasteiger partial charge in [-0.3, -0.25) is 0 Å². The number of hydrogen-bond acceptors (Lipinski definition) is 5. The van der Waals surface area contributed by atoms with Crippen LogP contribution in [0.5, 0.6) is 0 Å². The first-order valence-electron chi connectivity index (χ1n) is 7.93. The zero-order valence-electron chi connectivity index (χ0n) is 13.7. The van der Waals surface area contributed by atoms with Gasteiger partial charge >= 0.3 is 6.03 Å². The Morgan fingerprint density at radius 2 is 1.75 bits per heavy atom. The summed E-state index contributed by atoms with van der Waals surface area (Å²) < 4.78 is 27.6. The number of aromatic nitrogens is 3. The second kappa shape index (κ2) is 8.20. The predicted octanol–water partition coefficient (Wildman–Crippen LogP) is 1.48. The van der Waals surface area contributed by atoms with E-state index in [1.54, 1.807) is 12.2 Å². The summed E-state index contributed by atoms with van der Waals surface area (Å²) in [5.74, 6) is 0. The fourth-order valence-electron chi connectivity index (χ4n) is 2.54. The van der Waals surface area contributed by atoms with Gasteiger partial charge in [0.25, 0.3) is 15.2 Å². The number of rotatable bonds is 6. The van der Waals surface area contributed by atoms with Gasteiger partial charge < -0.3 is 4.90 Å². The molecule has 1 saturated heterocycles. The topological polar surface area (TPSA) is 88.4 Å². The maximum Gasteiger partial charge on any atom is 0.346 e. The quantitative estimate of drug-likeness (QED) is 0.723. The lowest BCUT2D eigenvalue weighted by atomic mass is 10.2. The number of carbonyl (C=O) groups excluding carboxylic acids is 1. The molecule has 1 aliphatic rings. The van der Waals surface area contributed by atoms with Crippen LogP contribution in [0.1, 0.15) is 25.7 Å². The first-order chi connectivity index (χ1) is 11.5. The molecule has 1 aromatic heterocycles. The van der Waals surface area contributed by atoms with E-state index in [1.165, 1.54) is 9.21 Å². The molecule has 0 saturated carbocycles. The van der Waals surface area contributed by atoms with Crippen molar-refractivity contribution >= 4 is 16.1 Å². The molecule has 1 fully saturated rings. The van der Waals surface area contributed by atoms with Crippen molar-refractivity contribution in [2.45, 2.75) is 30.8 Å². The van der Waals surface area contributed by atoms with Crippen LogP contribution in [0.3, 0.4) is 0 Å². The minimum atomic E-state index is -3.77. The first-order valence-corrected chi connectivity index (χ1v) is 9.37. The van der Waals surface area contributed by atoms with Gasteiger partial charge in [0.05, 0.1) is 0 Å². The molecule has 0 spiro atoms. The minimum Gasteiger partial charge on any atom is -0.315 e. The van der Waals surface area contributed by atoms with E-state index in [1.807, 2.05) is 0 Å². The Morgan fingerprint density at radius 1 is 1.17 bits per heavy atom. The molecule has 0 aliphatic carbocycles. The zero-order valence-corrected chi connectivity index (χ0v) is 14.5. The smallest absolute Gasteiger partial charge is 0.315 e. The van der Waals surface area contributed by atoms with E-state index in [4.69, 9.17) is 0 Å². The van der Waals surface area contributed by atoms with Crippen molar-refractivity contribution in [2.75, 3.05) is 26.2 Å². The van der Waals surface area contributed by atoms with Crippen LogP contribution in [0, 0.1) is 0 Å². The van der Waals surface area contributed by atoms with Gasteiger partial charge in [-0.05, 0) is 12.8 Å². The van der Waals surface area contributed by atoms with Gasteiger partial charge in [-0.2, -0.15) is 8.99 Å². The highest BCUT2D eigenvalue weighted by atomic mass is 32.2.